The van der Waals surface area contributed by atoms with Gasteiger partial charge >= 0.3 is 0 Å². The van der Waals surface area contributed by atoms with Crippen molar-refractivity contribution in [3.63, 3.8) is 0 Å². The molecule has 0 spiro atoms. The first-order chi connectivity index (χ1) is 7.77. The van der Waals surface area contributed by atoms with Crippen LogP contribution in [-0.2, 0) is 11.3 Å². The summed E-state index contributed by atoms with van der Waals surface area (Å²) in [6, 6.07) is 4.05. The number of nitrogens with two attached hydrogens (primary N) is 1. The minimum atomic E-state index is 0.270. The number of benzene rings is 1. The molecule has 0 aliphatic carbocycles. The van der Waals surface area contributed by atoms with Gasteiger partial charge in [-0.05, 0) is 12.5 Å². The quantitative estimate of drug-likeness (QED) is 0.842. The number of hydrogen-bond acceptors (Lipinski definition) is 4. The van der Waals surface area contributed by atoms with Gasteiger partial charge < -0.3 is 19.9 Å². The molecule has 88 valence electrons. The average Bonchev–Trinajstić information content (AvgIpc) is 2.78. The lowest BCUT2D eigenvalue weighted by Gasteiger charge is -2.13. The Morgan fingerprint density at radius 3 is 2.81 bits per heavy atom. The molecule has 0 aromatic heterocycles. The Balaban J connectivity index is 2.40. The standard InChI is InChI=1S/C12H17NO3/c1-8(5-13)10-4-3-9(6-14-2)11-12(10)16-7-15-11/h3-4,8H,5-7,13H2,1-2H3. The Hall–Kier alpha value is -1.26. The van der Waals surface area contributed by atoms with Crippen LogP contribution in [0.2, 0.25) is 0 Å². The van der Waals surface area contributed by atoms with Crippen LogP contribution < -0.4 is 15.2 Å². The minimum Gasteiger partial charge on any atom is -0.453 e. The summed E-state index contributed by atoms with van der Waals surface area (Å²) in [5.74, 6) is 1.90. The van der Waals surface area contributed by atoms with Crippen LogP contribution in [0.15, 0.2) is 12.1 Å². The Kier molecular flexibility index (Phi) is 3.31. The van der Waals surface area contributed by atoms with E-state index in [2.05, 4.69) is 6.92 Å². The summed E-state index contributed by atoms with van der Waals surface area (Å²) in [7, 11) is 1.67. The number of fused-ring (bicyclic) bond motifs is 1. The van der Waals surface area contributed by atoms with E-state index >= 15 is 0 Å². The summed E-state index contributed by atoms with van der Waals surface area (Å²) in [5, 5.41) is 0. The SMILES string of the molecule is COCc1ccc(C(C)CN)c2c1OCO2. The Bertz CT molecular complexity index is 379. The summed E-state index contributed by atoms with van der Waals surface area (Å²) < 4.78 is 16.1. The molecule has 1 aromatic carbocycles. The van der Waals surface area contributed by atoms with Gasteiger partial charge in [-0.2, -0.15) is 0 Å². The van der Waals surface area contributed by atoms with Gasteiger partial charge in [0.15, 0.2) is 11.5 Å². The van der Waals surface area contributed by atoms with E-state index in [1.54, 1.807) is 7.11 Å². The second-order valence-electron chi connectivity index (χ2n) is 3.95. The Morgan fingerprint density at radius 1 is 1.38 bits per heavy atom. The molecule has 0 amide bonds. The molecular formula is C12H17NO3. The predicted molar refractivity (Wildman–Crippen MR) is 60.7 cm³/mol. The van der Waals surface area contributed by atoms with Gasteiger partial charge in [0.05, 0.1) is 6.61 Å². The van der Waals surface area contributed by atoms with E-state index in [0.717, 1.165) is 22.6 Å². The van der Waals surface area contributed by atoms with Crippen LogP contribution in [0.5, 0.6) is 11.5 Å². The average molecular weight is 223 g/mol. The Morgan fingerprint density at radius 2 is 2.12 bits per heavy atom. The number of rotatable bonds is 4. The van der Waals surface area contributed by atoms with Gasteiger partial charge in [0, 0.05) is 18.2 Å². The lowest BCUT2D eigenvalue weighted by atomic mass is 9.98. The van der Waals surface area contributed by atoms with Gasteiger partial charge in [-0.1, -0.05) is 19.1 Å². The maximum atomic E-state index is 5.67. The van der Waals surface area contributed by atoms with Crippen LogP contribution in [0.3, 0.4) is 0 Å². The number of methoxy groups -OCH3 is 1. The van der Waals surface area contributed by atoms with Crippen LogP contribution in [0.25, 0.3) is 0 Å². The molecule has 2 rings (SSSR count). The number of ether oxygens (including phenoxy) is 3. The van der Waals surface area contributed by atoms with Gasteiger partial charge in [-0.15, -0.1) is 0 Å². The molecule has 1 aliphatic rings. The zero-order chi connectivity index (χ0) is 11.5. The molecule has 0 bridgehead atoms. The van der Waals surface area contributed by atoms with Crippen LogP contribution >= 0.6 is 0 Å². The molecule has 16 heavy (non-hydrogen) atoms. The molecule has 0 saturated carbocycles. The van der Waals surface area contributed by atoms with Crippen LogP contribution in [0.1, 0.15) is 24.0 Å². The summed E-state index contributed by atoms with van der Waals surface area (Å²) in [4.78, 5) is 0. The highest BCUT2D eigenvalue weighted by atomic mass is 16.7. The van der Waals surface area contributed by atoms with E-state index in [4.69, 9.17) is 19.9 Å². The molecule has 1 aromatic rings. The fourth-order valence-corrected chi connectivity index (χ4v) is 1.86. The first-order valence-corrected chi connectivity index (χ1v) is 5.38. The zero-order valence-electron chi connectivity index (χ0n) is 9.66. The van der Waals surface area contributed by atoms with E-state index in [-0.39, 0.29) is 12.7 Å². The molecule has 0 saturated heterocycles. The second-order valence-corrected chi connectivity index (χ2v) is 3.95. The molecule has 1 unspecified atom stereocenters. The molecule has 0 radical (unpaired) electrons. The van der Waals surface area contributed by atoms with Crippen molar-refractivity contribution in [1.82, 2.24) is 0 Å². The van der Waals surface area contributed by atoms with Gasteiger partial charge in [0.25, 0.3) is 0 Å². The van der Waals surface area contributed by atoms with Crippen molar-refractivity contribution < 1.29 is 14.2 Å². The van der Waals surface area contributed by atoms with Crippen molar-refractivity contribution in [2.24, 2.45) is 5.73 Å². The summed E-state index contributed by atoms with van der Waals surface area (Å²) in [6.07, 6.45) is 0. The van der Waals surface area contributed by atoms with Crippen molar-refractivity contribution in [3.8, 4) is 11.5 Å². The molecule has 1 aliphatic heterocycles. The summed E-state index contributed by atoms with van der Waals surface area (Å²) >= 11 is 0. The Labute approximate surface area is 95.3 Å². The van der Waals surface area contributed by atoms with Gasteiger partial charge in [0.2, 0.25) is 6.79 Å². The van der Waals surface area contributed by atoms with Crippen LogP contribution in [0, 0.1) is 0 Å². The van der Waals surface area contributed by atoms with Gasteiger partial charge in [-0.25, -0.2) is 0 Å². The first kappa shape index (κ1) is 11.2. The molecule has 4 heteroatoms. The normalized spacial score (nSPS) is 15.2. The minimum absolute atomic E-state index is 0.270. The highest BCUT2D eigenvalue weighted by Crippen LogP contribution is 2.41. The second kappa shape index (κ2) is 4.72. The van der Waals surface area contributed by atoms with Crippen LogP contribution in [-0.4, -0.2) is 20.4 Å². The fraction of sp³-hybridized carbons (Fsp3) is 0.500. The van der Waals surface area contributed by atoms with E-state index in [0.29, 0.717) is 13.2 Å². The van der Waals surface area contributed by atoms with Gasteiger partial charge in [0.1, 0.15) is 0 Å². The third kappa shape index (κ3) is 1.86. The van der Waals surface area contributed by atoms with E-state index < -0.39 is 0 Å². The number of hydrogen-bond donors (Lipinski definition) is 1. The predicted octanol–water partition coefficient (Wildman–Crippen LogP) is 1.62. The lowest BCUT2D eigenvalue weighted by molar-refractivity contribution is 0.162. The third-order valence-corrected chi connectivity index (χ3v) is 2.81. The van der Waals surface area contributed by atoms with Crippen molar-refractivity contribution in [2.45, 2.75) is 19.4 Å². The molecule has 2 N–H and O–H groups in total. The lowest BCUT2D eigenvalue weighted by Crippen LogP contribution is -2.09. The maximum Gasteiger partial charge on any atom is 0.231 e. The fourth-order valence-electron chi connectivity index (χ4n) is 1.86. The molecule has 0 fully saturated rings. The maximum absolute atomic E-state index is 5.67. The largest absolute Gasteiger partial charge is 0.453 e. The van der Waals surface area contributed by atoms with E-state index in [9.17, 15) is 0 Å². The zero-order valence-corrected chi connectivity index (χ0v) is 9.66. The third-order valence-electron chi connectivity index (χ3n) is 2.81. The molecule has 4 nitrogen and oxygen atoms in total. The highest BCUT2D eigenvalue weighted by Gasteiger charge is 2.23. The monoisotopic (exact) mass is 223 g/mol. The van der Waals surface area contributed by atoms with Crippen molar-refractivity contribution in [2.75, 3.05) is 20.4 Å². The first-order valence-electron chi connectivity index (χ1n) is 5.38. The highest BCUT2D eigenvalue weighted by molar-refractivity contribution is 5.54. The van der Waals surface area contributed by atoms with Crippen molar-refractivity contribution >= 4 is 0 Å². The van der Waals surface area contributed by atoms with Gasteiger partial charge in [-0.3, -0.25) is 0 Å². The van der Waals surface area contributed by atoms with Crippen LogP contribution in [0.4, 0.5) is 0 Å². The van der Waals surface area contributed by atoms with Crippen molar-refractivity contribution in [1.29, 1.82) is 0 Å². The topological polar surface area (TPSA) is 53.7 Å². The van der Waals surface area contributed by atoms with E-state index in [1.165, 1.54) is 0 Å². The smallest absolute Gasteiger partial charge is 0.231 e. The van der Waals surface area contributed by atoms with E-state index in [1.807, 2.05) is 12.1 Å². The van der Waals surface area contributed by atoms with Crippen molar-refractivity contribution in [3.05, 3.63) is 23.3 Å². The molecule has 1 atom stereocenters. The molecule has 1 heterocycles. The summed E-state index contributed by atoms with van der Waals surface area (Å²) in [5.41, 5.74) is 7.80. The molecular weight excluding hydrogens is 206 g/mol. The summed E-state index contributed by atoms with van der Waals surface area (Å²) in [6.45, 7) is 3.48.